The van der Waals surface area contributed by atoms with Gasteiger partial charge in [-0.05, 0) is 30.5 Å². The van der Waals surface area contributed by atoms with Gasteiger partial charge >= 0.3 is 0 Å². The summed E-state index contributed by atoms with van der Waals surface area (Å²) in [4.78, 5) is 15.1. The van der Waals surface area contributed by atoms with E-state index in [1.807, 2.05) is 23.1 Å². The molecule has 4 rings (SSSR count). The first-order chi connectivity index (χ1) is 12.7. The molecule has 0 aliphatic carbocycles. The third kappa shape index (κ3) is 2.82. The first kappa shape index (κ1) is 16.3. The quantitative estimate of drug-likeness (QED) is 0.748. The fourth-order valence-electron chi connectivity index (χ4n) is 3.41. The molecule has 0 spiro atoms. The number of hydrogen-bond donors (Lipinski definition) is 1. The molecule has 0 radical (unpaired) electrons. The molecule has 1 aromatic carbocycles. The molecule has 1 fully saturated rings. The van der Waals surface area contributed by atoms with Gasteiger partial charge in [-0.2, -0.15) is 10.4 Å². The molecule has 3 aromatic rings. The highest BCUT2D eigenvalue weighted by Crippen LogP contribution is 2.18. The summed E-state index contributed by atoms with van der Waals surface area (Å²) in [6.07, 6.45) is 3.47. The van der Waals surface area contributed by atoms with Crippen molar-refractivity contribution in [1.82, 2.24) is 19.4 Å². The minimum absolute atomic E-state index is 0.0498. The van der Waals surface area contributed by atoms with Crippen LogP contribution in [0.15, 0.2) is 41.3 Å². The molecule has 26 heavy (non-hydrogen) atoms. The number of rotatable bonds is 3. The minimum Gasteiger partial charge on any atom is -0.339 e. The molecule has 8 nitrogen and oxygen atoms in total. The summed E-state index contributed by atoms with van der Waals surface area (Å²) in [7, 11) is 0. The van der Waals surface area contributed by atoms with Gasteiger partial charge in [0.15, 0.2) is 5.52 Å². The van der Waals surface area contributed by atoms with Crippen LogP contribution in [0.3, 0.4) is 0 Å². The number of piperidine rings is 1. The highest BCUT2D eigenvalue weighted by atomic mass is 16.1. The van der Waals surface area contributed by atoms with Gasteiger partial charge in [-0.1, -0.05) is 18.2 Å². The van der Waals surface area contributed by atoms with Crippen LogP contribution in [0.5, 0.6) is 0 Å². The Morgan fingerprint density at radius 1 is 1.31 bits per heavy atom. The fourth-order valence-corrected chi connectivity index (χ4v) is 3.41. The SMILES string of the molecule is N#Cc1ccccc1Cn1c(N2CCCC(N)C2)nn2nccc2c1=O. The highest BCUT2D eigenvalue weighted by Gasteiger charge is 2.23. The second-order valence-electron chi connectivity index (χ2n) is 6.51. The van der Waals surface area contributed by atoms with Crippen molar-refractivity contribution in [2.45, 2.75) is 25.4 Å². The first-order valence-corrected chi connectivity index (χ1v) is 8.61. The molecule has 0 amide bonds. The topological polar surface area (TPSA) is 105 Å². The lowest BCUT2D eigenvalue weighted by molar-refractivity contribution is 0.485. The molecule has 1 aliphatic heterocycles. The Labute approximate surface area is 150 Å². The number of nitrogens with zero attached hydrogens (tertiary/aromatic N) is 6. The Morgan fingerprint density at radius 3 is 2.96 bits per heavy atom. The summed E-state index contributed by atoms with van der Waals surface area (Å²) in [6.45, 7) is 1.70. The van der Waals surface area contributed by atoms with Crippen LogP contribution in [0.25, 0.3) is 5.52 Å². The Kier molecular flexibility index (Phi) is 4.14. The zero-order valence-corrected chi connectivity index (χ0v) is 14.2. The maximum atomic E-state index is 13.1. The first-order valence-electron chi connectivity index (χ1n) is 8.61. The smallest absolute Gasteiger partial charge is 0.281 e. The maximum absolute atomic E-state index is 13.1. The summed E-state index contributed by atoms with van der Waals surface area (Å²) < 4.78 is 2.98. The summed E-state index contributed by atoms with van der Waals surface area (Å²) in [5, 5.41) is 18.0. The van der Waals surface area contributed by atoms with E-state index in [0.717, 1.165) is 24.9 Å². The fraction of sp³-hybridized carbons (Fsp3) is 0.333. The van der Waals surface area contributed by atoms with Crippen molar-refractivity contribution in [2.75, 3.05) is 18.0 Å². The molecule has 1 atom stereocenters. The van der Waals surface area contributed by atoms with E-state index in [2.05, 4.69) is 16.3 Å². The number of aromatic nitrogens is 4. The largest absolute Gasteiger partial charge is 0.339 e. The monoisotopic (exact) mass is 349 g/mol. The Bertz CT molecular complexity index is 1050. The maximum Gasteiger partial charge on any atom is 0.281 e. The minimum atomic E-state index is -0.181. The van der Waals surface area contributed by atoms with Gasteiger partial charge in [0.05, 0.1) is 24.4 Å². The average molecular weight is 349 g/mol. The van der Waals surface area contributed by atoms with Crippen molar-refractivity contribution in [3.05, 3.63) is 58.0 Å². The molecular formula is C18H19N7O. The van der Waals surface area contributed by atoms with Crippen LogP contribution in [0, 0.1) is 11.3 Å². The van der Waals surface area contributed by atoms with Crippen LogP contribution in [0.1, 0.15) is 24.0 Å². The van der Waals surface area contributed by atoms with Gasteiger partial charge in [0, 0.05) is 19.1 Å². The molecular weight excluding hydrogens is 330 g/mol. The van der Waals surface area contributed by atoms with E-state index in [4.69, 9.17) is 5.73 Å². The van der Waals surface area contributed by atoms with Crippen molar-refractivity contribution in [3.63, 3.8) is 0 Å². The van der Waals surface area contributed by atoms with E-state index in [0.29, 0.717) is 23.6 Å². The van der Waals surface area contributed by atoms with Crippen LogP contribution in [0.2, 0.25) is 0 Å². The molecule has 3 heterocycles. The lowest BCUT2D eigenvalue weighted by Gasteiger charge is -2.32. The van der Waals surface area contributed by atoms with E-state index in [-0.39, 0.29) is 18.1 Å². The van der Waals surface area contributed by atoms with Crippen LogP contribution < -0.4 is 16.2 Å². The summed E-state index contributed by atoms with van der Waals surface area (Å²) in [5.74, 6) is 0.536. The molecule has 132 valence electrons. The Hall–Kier alpha value is -3.18. The summed E-state index contributed by atoms with van der Waals surface area (Å²) in [6, 6.07) is 11.2. The van der Waals surface area contributed by atoms with Crippen molar-refractivity contribution in [1.29, 1.82) is 5.26 Å². The predicted octanol–water partition coefficient (Wildman–Crippen LogP) is 0.738. The number of anilines is 1. The van der Waals surface area contributed by atoms with E-state index >= 15 is 0 Å². The van der Waals surface area contributed by atoms with E-state index in [9.17, 15) is 10.1 Å². The van der Waals surface area contributed by atoms with Gasteiger partial charge in [-0.15, -0.1) is 9.73 Å². The van der Waals surface area contributed by atoms with Crippen molar-refractivity contribution < 1.29 is 0 Å². The molecule has 2 aromatic heterocycles. The lowest BCUT2D eigenvalue weighted by atomic mass is 10.1. The van der Waals surface area contributed by atoms with Crippen LogP contribution in [-0.4, -0.2) is 38.5 Å². The lowest BCUT2D eigenvalue weighted by Crippen LogP contribution is -2.46. The van der Waals surface area contributed by atoms with Gasteiger partial charge in [0.1, 0.15) is 0 Å². The highest BCUT2D eigenvalue weighted by molar-refractivity contribution is 5.46. The van der Waals surface area contributed by atoms with Gasteiger partial charge in [-0.25, -0.2) is 0 Å². The van der Waals surface area contributed by atoms with Gasteiger partial charge in [-0.3, -0.25) is 9.36 Å². The van der Waals surface area contributed by atoms with Crippen LogP contribution >= 0.6 is 0 Å². The molecule has 1 saturated heterocycles. The Balaban J connectivity index is 1.86. The van der Waals surface area contributed by atoms with Crippen molar-refractivity contribution in [2.24, 2.45) is 5.73 Å². The van der Waals surface area contributed by atoms with Crippen LogP contribution in [0.4, 0.5) is 5.95 Å². The number of nitriles is 1. The third-order valence-corrected chi connectivity index (χ3v) is 4.72. The summed E-state index contributed by atoms with van der Waals surface area (Å²) in [5.41, 5.74) is 7.68. The molecule has 0 bridgehead atoms. The number of nitrogens with two attached hydrogens (primary N) is 1. The average Bonchev–Trinajstić information content (AvgIpc) is 3.13. The normalized spacial score (nSPS) is 17.4. The standard InChI is InChI=1S/C18H19N7O/c19-10-13-4-1-2-5-14(13)11-24-17(26)16-7-8-21-25(16)22-18(24)23-9-3-6-15(20)12-23/h1-2,4-5,7-8,15H,3,6,9,11-12,20H2. The zero-order chi connectivity index (χ0) is 18.1. The number of benzene rings is 1. The van der Waals surface area contributed by atoms with Gasteiger partial charge < -0.3 is 10.6 Å². The van der Waals surface area contributed by atoms with E-state index in [1.165, 1.54) is 4.63 Å². The molecule has 0 saturated carbocycles. The predicted molar refractivity (Wildman–Crippen MR) is 96.9 cm³/mol. The van der Waals surface area contributed by atoms with E-state index in [1.54, 1.807) is 22.9 Å². The molecule has 8 heteroatoms. The third-order valence-electron chi connectivity index (χ3n) is 4.72. The van der Waals surface area contributed by atoms with Gasteiger partial charge in [0.25, 0.3) is 5.56 Å². The number of fused-ring (bicyclic) bond motifs is 1. The second kappa shape index (κ2) is 6.61. The number of hydrogen-bond acceptors (Lipinski definition) is 6. The zero-order valence-electron chi connectivity index (χ0n) is 14.2. The van der Waals surface area contributed by atoms with Crippen LogP contribution in [-0.2, 0) is 6.54 Å². The van der Waals surface area contributed by atoms with Gasteiger partial charge in [0.2, 0.25) is 5.95 Å². The Morgan fingerprint density at radius 2 is 2.15 bits per heavy atom. The molecule has 2 N–H and O–H groups in total. The molecule has 1 unspecified atom stereocenters. The van der Waals surface area contributed by atoms with E-state index < -0.39 is 0 Å². The van der Waals surface area contributed by atoms with Crippen molar-refractivity contribution in [3.8, 4) is 6.07 Å². The molecule has 1 aliphatic rings. The summed E-state index contributed by atoms with van der Waals surface area (Å²) >= 11 is 0. The second-order valence-corrected chi connectivity index (χ2v) is 6.51. The van der Waals surface area contributed by atoms with Crippen molar-refractivity contribution >= 4 is 11.5 Å².